The van der Waals surface area contributed by atoms with E-state index < -0.39 is 29.9 Å². The van der Waals surface area contributed by atoms with Crippen LogP contribution in [0.25, 0.3) is 0 Å². The topological polar surface area (TPSA) is 127 Å². The highest BCUT2D eigenvalue weighted by atomic mass is 16.2. The van der Waals surface area contributed by atoms with Crippen molar-refractivity contribution in [2.45, 2.75) is 51.2 Å². The average molecular weight is 271 g/mol. The third kappa shape index (κ3) is 7.53. The van der Waals surface area contributed by atoms with Gasteiger partial charge in [-0.1, -0.05) is 0 Å². The zero-order valence-corrected chi connectivity index (χ0v) is 11.4. The van der Waals surface area contributed by atoms with E-state index in [1.165, 1.54) is 13.8 Å². The summed E-state index contributed by atoms with van der Waals surface area (Å²) in [6.45, 7) is 3.56. The lowest BCUT2D eigenvalue weighted by molar-refractivity contribution is -0.129. The molecule has 0 saturated heterocycles. The highest BCUT2D eigenvalue weighted by Crippen LogP contribution is 2.02. The van der Waals surface area contributed by atoms with Crippen LogP contribution in [0.4, 0.5) is 0 Å². The predicted octanol–water partition coefficient (Wildman–Crippen LogP) is -1.44. The van der Waals surface area contributed by atoms with Gasteiger partial charge in [-0.3, -0.25) is 14.4 Å². The molecule has 0 heterocycles. The number of hydrogen-bond acceptors (Lipinski definition) is 5. The van der Waals surface area contributed by atoms with Crippen LogP contribution in [0.15, 0.2) is 0 Å². The number of rotatable bonds is 9. The van der Waals surface area contributed by atoms with Crippen LogP contribution in [-0.2, 0) is 14.4 Å². The lowest BCUT2D eigenvalue weighted by atomic mass is 10.1. The molecular weight excluding hydrogens is 248 g/mol. The van der Waals surface area contributed by atoms with Crippen molar-refractivity contribution in [3.05, 3.63) is 0 Å². The minimum absolute atomic E-state index is 0.407. The maximum atomic E-state index is 11.9. The van der Waals surface area contributed by atoms with Crippen LogP contribution in [0.2, 0.25) is 0 Å². The Bertz CT molecular complexity index is 307. The smallest absolute Gasteiger partial charge is 0.243 e. The molecule has 0 rings (SSSR count). The Morgan fingerprint density at radius 2 is 1.79 bits per heavy atom. The molecule has 3 atom stereocenters. The SMILES string of the molecule is C[C@H](N)C(=O)N[C@@H](CCCCN)C(=O)N[C@@H](C)[C]=O. The molecule has 1 radical (unpaired) electrons. The molecule has 0 bridgehead atoms. The van der Waals surface area contributed by atoms with Gasteiger partial charge in [-0.05, 0) is 39.7 Å². The normalized spacial score (nSPS) is 15.2. The Morgan fingerprint density at radius 3 is 2.26 bits per heavy atom. The largest absolute Gasteiger partial charge is 0.344 e. The summed E-state index contributed by atoms with van der Waals surface area (Å²) in [4.78, 5) is 33.8. The second-order valence-electron chi connectivity index (χ2n) is 4.48. The Hall–Kier alpha value is -1.47. The van der Waals surface area contributed by atoms with Crippen molar-refractivity contribution in [3.63, 3.8) is 0 Å². The van der Waals surface area contributed by atoms with Gasteiger partial charge < -0.3 is 22.1 Å². The number of carbonyl (C=O) groups excluding carboxylic acids is 3. The maximum absolute atomic E-state index is 11.9. The number of unbranched alkanes of at least 4 members (excludes halogenated alkanes) is 1. The molecule has 0 fully saturated rings. The number of carbonyl (C=O) groups is 2. The molecule has 0 aliphatic rings. The first-order chi connectivity index (χ1) is 8.92. The summed E-state index contributed by atoms with van der Waals surface area (Å²) in [6.07, 6.45) is 3.56. The molecule has 0 aromatic heterocycles. The van der Waals surface area contributed by atoms with E-state index in [1.807, 2.05) is 0 Å². The zero-order chi connectivity index (χ0) is 14.8. The summed E-state index contributed by atoms with van der Waals surface area (Å²) >= 11 is 0. The van der Waals surface area contributed by atoms with E-state index in [4.69, 9.17) is 11.5 Å². The number of nitrogens with two attached hydrogens (primary N) is 2. The van der Waals surface area contributed by atoms with Gasteiger partial charge in [0.15, 0.2) is 0 Å². The number of nitrogens with one attached hydrogen (secondary N) is 2. The zero-order valence-electron chi connectivity index (χ0n) is 11.4. The van der Waals surface area contributed by atoms with Crippen molar-refractivity contribution in [2.24, 2.45) is 11.5 Å². The van der Waals surface area contributed by atoms with Crippen LogP contribution in [0, 0.1) is 0 Å². The molecular formula is C12H23N4O3. The Morgan fingerprint density at radius 1 is 1.16 bits per heavy atom. The lowest BCUT2D eigenvalue weighted by Gasteiger charge is -2.20. The summed E-state index contributed by atoms with van der Waals surface area (Å²) in [5.41, 5.74) is 10.8. The van der Waals surface area contributed by atoms with Crippen molar-refractivity contribution >= 4 is 18.1 Å². The van der Waals surface area contributed by atoms with E-state index in [9.17, 15) is 14.4 Å². The van der Waals surface area contributed by atoms with Gasteiger partial charge in [-0.15, -0.1) is 0 Å². The molecule has 7 nitrogen and oxygen atoms in total. The molecule has 0 unspecified atom stereocenters. The van der Waals surface area contributed by atoms with Gasteiger partial charge in [0.2, 0.25) is 18.1 Å². The molecule has 0 saturated carbocycles. The van der Waals surface area contributed by atoms with E-state index in [1.54, 1.807) is 6.29 Å². The minimum Gasteiger partial charge on any atom is -0.344 e. The first-order valence-electron chi connectivity index (χ1n) is 6.36. The van der Waals surface area contributed by atoms with Crippen LogP contribution in [0.1, 0.15) is 33.1 Å². The molecule has 109 valence electrons. The van der Waals surface area contributed by atoms with Crippen molar-refractivity contribution in [1.29, 1.82) is 0 Å². The van der Waals surface area contributed by atoms with E-state index >= 15 is 0 Å². The van der Waals surface area contributed by atoms with Gasteiger partial charge in [0.05, 0.1) is 12.1 Å². The highest BCUT2D eigenvalue weighted by Gasteiger charge is 2.22. The summed E-state index contributed by atoms with van der Waals surface area (Å²) in [6, 6.07) is -2.11. The summed E-state index contributed by atoms with van der Waals surface area (Å²) in [7, 11) is 0. The molecule has 0 aliphatic carbocycles. The minimum atomic E-state index is -0.711. The second kappa shape index (κ2) is 9.46. The predicted molar refractivity (Wildman–Crippen MR) is 71.8 cm³/mol. The quantitative estimate of drug-likeness (QED) is 0.382. The highest BCUT2D eigenvalue weighted by molar-refractivity contribution is 5.90. The third-order valence-electron chi connectivity index (χ3n) is 2.53. The van der Waals surface area contributed by atoms with Crippen molar-refractivity contribution in [1.82, 2.24) is 10.6 Å². The van der Waals surface area contributed by atoms with Crippen molar-refractivity contribution < 1.29 is 14.4 Å². The van der Waals surface area contributed by atoms with Crippen LogP contribution < -0.4 is 22.1 Å². The van der Waals surface area contributed by atoms with Crippen molar-refractivity contribution in [3.8, 4) is 0 Å². The summed E-state index contributed by atoms with van der Waals surface area (Å²) in [5.74, 6) is -0.822. The first kappa shape index (κ1) is 17.5. The molecule has 0 aliphatic heterocycles. The molecule has 0 aromatic carbocycles. The second-order valence-corrected chi connectivity index (χ2v) is 4.48. The molecule has 6 N–H and O–H groups in total. The fourth-order valence-electron chi connectivity index (χ4n) is 1.41. The van der Waals surface area contributed by atoms with E-state index in [-0.39, 0.29) is 0 Å². The van der Waals surface area contributed by atoms with Crippen LogP contribution in [0.5, 0.6) is 0 Å². The van der Waals surface area contributed by atoms with Gasteiger partial charge in [0.1, 0.15) is 6.04 Å². The molecule has 0 spiro atoms. The van der Waals surface area contributed by atoms with E-state index in [0.29, 0.717) is 19.4 Å². The fraction of sp³-hybridized carbons (Fsp3) is 0.750. The third-order valence-corrected chi connectivity index (χ3v) is 2.53. The fourth-order valence-corrected chi connectivity index (χ4v) is 1.41. The van der Waals surface area contributed by atoms with Crippen molar-refractivity contribution in [2.75, 3.05) is 6.54 Å². The molecule has 0 aromatic rings. The average Bonchev–Trinajstić information content (AvgIpc) is 2.37. The maximum Gasteiger partial charge on any atom is 0.243 e. The van der Waals surface area contributed by atoms with Gasteiger partial charge >= 0.3 is 0 Å². The van der Waals surface area contributed by atoms with Gasteiger partial charge in [0, 0.05) is 0 Å². The molecule has 19 heavy (non-hydrogen) atoms. The lowest BCUT2D eigenvalue weighted by Crippen LogP contribution is -2.52. The number of hydrogen-bond donors (Lipinski definition) is 4. The first-order valence-corrected chi connectivity index (χ1v) is 6.36. The van der Waals surface area contributed by atoms with Crippen LogP contribution in [-0.4, -0.2) is 42.8 Å². The standard InChI is InChI=1S/C12H23N4O3/c1-8(7-17)15-12(19)10(5-3-4-6-13)16-11(18)9(2)14/h8-10H,3-6,13-14H2,1-2H3,(H,15,19)(H,16,18)/t8-,9-,10-/m0/s1. The summed E-state index contributed by atoms with van der Waals surface area (Å²) in [5, 5.41) is 5.01. The van der Waals surface area contributed by atoms with E-state index in [2.05, 4.69) is 10.6 Å². The molecule has 7 heteroatoms. The van der Waals surface area contributed by atoms with Crippen LogP contribution >= 0.6 is 0 Å². The van der Waals surface area contributed by atoms with Gasteiger partial charge in [-0.2, -0.15) is 0 Å². The Balaban J connectivity index is 4.50. The van der Waals surface area contributed by atoms with Gasteiger partial charge in [0.25, 0.3) is 0 Å². The Kier molecular flexibility index (Phi) is 8.73. The van der Waals surface area contributed by atoms with E-state index in [0.717, 1.165) is 6.42 Å². The van der Waals surface area contributed by atoms with Gasteiger partial charge in [-0.25, -0.2) is 0 Å². The number of amides is 2. The Labute approximate surface area is 113 Å². The molecule has 2 amide bonds. The van der Waals surface area contributed by atoms with Crippen LogP contribution in [0.3, 0.4) is 0 Å². The monoisotopic (exact) mass is 271 g/mol. The summed E-state index contributed by atoms with van der Waals surface area (Å²) < 4.78 is 0.